The summed E-state index contributed by atoms with van der Waals surface area (Å²) in [6.45, 7) is 8.04. The molecule has 0 radical (unpaired) electrons. The molecule has 28 heavy (non-hydrogen) atoms. The quantitative estimate of drug-likeness (QED) is 0.624. The van der Waals surface area contributed by atoms with Crippen LogP contribution in [-0.2, 0) is 27.7 Å². The van der Waals surface area contributed by atoms with E-state index < -0.39 is 10.0 Å². The third-order valence-electron chi connectivity index (χ3n) is 4.20. The SMILES string of the molecule is CCCN(Cc1nc2ccsc2c(=O)[nH]1)S(=O)(=O)Cc1ncoc1C(C)(C)C. The van der Waals surface area contributed by atoms with Crippen molar-refractivity contribution >= 4 is 31.6 Å². The lowest BCUT2D eigenvalue weighted by molar-refractivity contribution is 0.392. The van der Waals surface area contributed by atoms with Gasteiger partial charge in [-0.1, -0.05) is 27.7 Å². The molecule has 0 spiro atoms. The highest BCUT2D eigenvalue weighted by molar-refractivity contribution is 7.88. The smallest absolute Gasteiger partial charge is 0.268 e. The predicted octanol–water partition coefficient (Wildman–Crippen LogP) is 3.01. The van der Waals surface area contributed by atoms with Gasteiger partial charge in [0.15, 0.2) is 6.39 Å². The molecule has 0 aliphatic carbocycles. The zero-order chi connectivity index (χ0) is 20.5. The van der Waals surface area contributed by atoms with Gasteiger partial charge < -0.3 is 9.40 Å². The van der Waals surface area contributed by atoms with Gasteiger partial charge in [0.05, 0.1) is 17.8 Å². The average Bonchev–Trinajstić information content (AvgIpc) is 3.22. The Hall–Kier alpha value is -2.04. The van der Waals surface area contributed by atoms with Crippen LogP contribution in [0.15, 0.2) is 27.1 Å². The minimum Gasteiger partial charge on any atom is -0.448 e. The molecule has 3 heterocycles. The van der Waals surface area contributed by atoms with Gasteiger partial charge in [-0.25, -0.2) is 18.4 Å². The largest absolute Gasteiger partial charge is 0.448 e. The summed E-state index contributed by atoms with van der Waals surface area (Å²) in [6, 6.07) is 1.75. The highest BCUT2D eigenvalue weighted by Crippen LogP contribution is 2.27. The van der Waals surface area contributed by atoms with Crippen LogP contribution >= 0.6 is 11.3 Å². The van der Waals surface area contributed by atoms with Crippen LogP contribution in [0.2, 0.25) is 0 Å². The normalized spacial score (nSPS) is 12.9. The number of nitrogens with one attached hydrogen (secondary N) is 1. The second kappa shape index (κ2) is 7.76. The van der Waals surface area contributed by atoms with E-state index in [0.29, 0.717) is 40.5 Å². The molecule has 10 heteroatoms. The summed E-state index contributed by atoms with van der Waals surface area (Å²) in [5.41, 5.74) is 0.371. The Labute approximate surface area is 167 Å². The van der Waals surface area contributed by atoms with Crippen LogP contribution in [0.1, 0.15) is 51.4 Å². The Bertz CT molecular complexity index is 1120. The van der Waals surface area contributed by atoms with E-state index in [-0.39, 0.29) is 23.3 Å². The van der Waals surface area contributed by atoms with Crippen molar-refractivity contribution in [1.29, 1.82) is 0 Å². The van der Waals surface area contributed by atoms with E-state index in [2.05, 4.69) is 15.0 Å². The van der Waals surface area contributed by atoms with Gasteiger partial charge in [0, 0.05) is 12.0 Å². The molecule has 0 amide bonds. The van der Waals surface area contributed by atoms with Crippen molar-refractivity contribution < 1.29 is 12.8 Å². The summed E-state index contributed by atoms with van der Waals surface area (Å²) in [7, 11) is -3.69. The first-order chi connectivity index (χ1) is 13.1. The van der Waals surface area contributed by atoms with Crippen molar-refractivity contribution in [3.63, 3.8) is 0 Å². The number of aromatic nitrogens is 3. The number of thiophene rings is 1. The molecule has 0 saturated carbocycles. The van der Waals surface area contributed by atoms with Gasteiger partial charge in [0.25, 0.3) is 5.56 Å². The summed E-state index contributed by atoms with van der Waals surface area (Å²) >= 11 is 1.31. The van der Waals surface area contributed by atoms with E-state index in [1.807, 2.05) is 27.7 Å². The van der Waals surface area contributed by atoms with Gasteiger partial charge in [-0.05, 0) is 17.9 Å². The minimum absolute atomic E-state index is 0.0000966. The van der Waals surface area contributed by atoms with Gasteiger partial charge >= 0.3 is 0 Å². The third kappa shape index (κ3) is 4.34. The van der Waals surface area contributed by atoms with Crippen LogP contribution in [-0.4, -0.2) is 34.2 Å². The summed E-state index contributed by atoms with van der Waals surface area (Å²) in [5.74, 6) is 0.615. The number of hydrogen-bond acceptors (Lipinski definition) is 7. The van der Waals surface area contributed by atoms with Gasteiger partial charge in [0.1, 0.15) is 22.0 Å². The molecule has 3 rings (SSSR count). The Kier molecular flexibility index (Phi) is 5.74. The van der Waals surface area contributed by atoms with E-state index in [1.165, 1.54) is 22.0 Å². The van der Waals surface area contributed by atoms with E-state index in [0.717, 1.165) is 0 Å². The lowest BCUT2D eigenvalue weighted by Crippen LogP contribution is -2.34. The molecule has 0 atom stereocenters. The van der Waals surface area contributed by atoms with Crippen LogP contribution in [0.5, 0.6) is 0 Å². The molecule has 3 aromatic heterocycles. The van der Waals surface area contributed by atoms with Crippen LogP contribution in [0.25, 0.3) is 10.2 Å². The zero-order valence-electron chi connectivity index (χ0n) is 16.4. The second-order valence-electron chi connectivity index (χ2n) is 7.62. The Morgan fingerprint density at radius 3 is 2.75 bits per heavy atom. The summed E-state index contributed by atoms with van der Waals surface area (Å²) < 4.78 is 33.5. The molecule has 152 valence electrons. The van der Waals surface area contributed by atoms with Crippen LogP contribution in [0.4, 0.5) is 0 Å². The standard InChI is InChI=1S/C18H24N4O4S2/c1-5-7-22(9-14-20-12-6-8-27-15(12)17(23)21-14)28(24,25)10-13-16(18(2,3)4)26-11-19-13/h6,8,11H,5,7,9-10H2,1-4H3,(H,20,21,23). The number of aromatic amines is 1. The molecule has 0 fully saturated rings. The molecule has 8 nitrogen and oxygen atoms in total. The molecule has 0 bridgehead atoms. The molecule has 0 unspecified atom stereocenters. The Morgan fingerprint density at radius 2 is 2.07 bits per heavy atom. The van der Waals surface area contributed by atoms with Crippen molar-refractivity contribution in [3.8, 4) is 0 Å². The second-order valence-corrected chi connectivity index (χ2v) is 10.5. The maximum absolute atomic E-state index is 13.1. The van der Waals surface area contributed by atoms with Crippen molar-refractivity contribution in [1.82, 2.24) is 19.3 Å². The third-order valence-corrected chi connectivity index (χ3v) is 6.84. The summed E-state index contributed by atoms with van der Waals surface area (Å²) in [5, 5.41) is 1.79. The van der Waals surface area contributed by atoms with Gasteiger partial charge in [-0.15, -0.1) is 11.3 Å². The lowest BCUT2D eigenvalue weighted by atomic mass is 9.92. The molecular weight excluding hydrogens is 400 g/mol. The Morgan fingerprint density at radius 1 is 1.32 bits per heavy atom. The maximum Gasteiger partial charge on any atom is 0.268 e. The molecular formula is C18H24N4O4S2. The fourth-order valence-corrected chi connectivity index (χ4v) is 5.21. The zero-order valence-corrected chi connectivity index (χ0v) is 18.0. The highest BCUT2D eigenvalue weighted by Gasteiger charge is 2.30. The topological polar surface area (TPSA) is 109 Å². The highest BCUT2D eigenvalue weighted by atomic mass is 32.2. The number of sulfonamides is 1. The molecule has 0 aliphatic heterocycles. The molecule has 0 aromatic carbocycles. The van der Waals surface area contributed by atoms with E-state index in [9.17, 15) is 13.2 Å². The number of nitrogens with zero attached hydrogens (tertiary/aromatic N) is 3. The number of H-pyrrole nitrogens is 1. The first kappa shape index (κ1) is 20.7. The Balaban J connectivity index is 1.90. The monoisotopic (exact) mass is 424 g/mol. The fraction of sp³-hybridized carbons (Fsp3) is 0.500. The number of fused-ring (bicyclic) bond motifs is 1. The summed E-state index contributed by atoms with van der Waals surface area (Å²) in [4.78, 5) is 23.4. The van der Waals surface area contributed by atoms with Crippen LogP contribution < -0.4 is 5.56 Å². The summed E-state index contributed by atoms with van der Waals surface area (Å²) in [6.07, 6.45) is 1.91. The first-order valence-electron chi connectivity index (χ1n) is 8.99. The van der Waals surface area contributed by atoms with Gasteiger partial charge in [0.2, 0.25) is 10.0 Å². The minimum atomic E-state index is -3.69. The predicted molar refractivity (Wildman–Crippen MR) is 109 cm³/mol. The molecule has 0 aliphatic rings. The van der Waals surface area contributed by atoms with E-state index in [1.54, 1.807) is 11.4 Å². The van der Waals surface area contributed by atoms with Crippen LogP contribution in [0, 0.1) is 0 Å². The number of hydrogen-bond donors (Lipinski definition) is 1. The van der Waals surface area contributed by atoms with Crippen molar-refractivity contribution in [2.45, 2.75) is 51.8 Å². The van der Waals surface area contributed by atoms with Gasteiger partial charge in [-0.2, -0.15) is 4.31 Å². The maximum atomic E-state index is 13.1. The van der Waals surface area contributed by atoms with Crippen molar-refractivity contribution in [2.24, 2.45) is 0 Å². The fourth-order valence-electron chi connectivity index (χ4n) is 2.98. The molecule has 0 saturated heterocycles. The number of oxazole rings is 1. The van der Waals surface area contributed by atoms with Gasteiger partial charge in [-0.3, -0.25) is 4.79 Å². The number of rotatable bonds is 7. The van der Waals surface area contributed by atoms with Crippen LogP contribution in [0.3, 0.4) is 0 Å². The molecule has 3 aromatic rings. The van der Waals surface area contributed by atoms with E-state index in [4.69, 9.17) is 4.42 Å². The van der Waals surface area contributed by atoms with Crippen molar-refractivity contribution in [3.05, 3.63) is 45.5 Å². The van der Waals surface area contributed by atoms with Crippen molar-refractivity contribution in [2.75, 3.05) is 6.54 Å². The lowest BCUT2D eigenvalue weighted by Gasteiger charge is -2.22. The average molecular weight is 425 g/mol. The van der Waals surface area contributed by atoms with E-state index >= 15 is 0 Å². The molecule has 1 N–H and O–H groups in total. The first-order valence-corrected chi connectivity index (χ1v) is 11.5.